The van der Waals surface area contributed by atoms with Crippen LogP contribution in [0.15, 0.2) is 46.4 Å². The predicted molar refractivity (Wildman–Crippen MR) is 93.3 cm³/mol. The minimum atomic E-state index is -0.864. The van der Waals surface area contributed by atoms with Crippen LogP contribution in [-0.4, -0.2) is 57.9 Å². The number of rotatable bonds is 6. The molecule has 0 spiro atoms. The molecular weight excluding hydrogens is 403 g/mol. The molecule has 0 bridgehead atoms. The van der Waals surface area contributed by atoms with Gasteiger partial charge in [-0.15, -0.1) is 0 Å². The Morgan fingerprint density at radius 2 is 1.19 bits per heavy atom. The van der Waals surface area contributed by atoms with Crippen LogP contribution in [0.1, 0.15) is 11.1 Å². The molecule has 9 nitrogen and oxygen atoms in total. The minimum Gasteiger partial charge on any atom is -0.872 e. The molecule has 0 aliphatic heterocycles. The molecule has 0 saturated carbocycles. The third-order valence-corrected chi connectivity index (χ3v) is 3.09. The maximum atomic E-state index is 11.5. The van der Waals surface area contributed by atoms with Crippen molar-refractivity contribution in [2.24, 2.45) is 9.98 Å². The molecule has 27 heavy (non-hydrogen) atoms. The second kappa shape index (κ2) is 12.7. The Balaban J connectivity index is 0. The van der Waals surface area contributed by atoms with Gasteiger partial charge in [0.2, 0.25) is 0 Å². The average molecular weight is 423 g/mol. The van der Waals surface area contributed by atoms with Crippen LogP contribution >= 0.6 is 0 Å². The quantitative estimate of drug-likeness (QED) is 0.375. The van der Waals surface area contributed by atoms with Gasteiger partial charge in [0.05, 0.1) is 19.2 Å². The van der Waals surface area contributed by atoms with Gasteiger partial charge in [-0.25, -0.2) is 0 Å². The third kappa shape index (κ3) is 8.52. The number of phenolic OH excluding ortho intramolecular Hbond substituents is 2. The number of benzene rings is 2. The molecule has 0 aliphatic carbocycles. The van der Waals surface area contributed by atoms with Gasteiger partial charge in [0.15, 0.2) is 0 Å². The van der Waals surface area contributed by atoms with E-state index in [0.29, 0.717) is 11.1 Å². The number of aliphatic imine (C=N–C) groups is 2. The maximum absolute atomic E-state index is 11.5. The summed E-state index contributed by atoms with van der Waals surface area (Å²) in [6.07, 6.45) is 1.78. The largest absolute Gasteiger partial charge is 2.00 e. The van der Waals surface area contributed by atoms with Crippen LogP contribution in [0.5, 0.6) is 23.0 Å². The summed E-state index contributed by atoms with van der Waals surface area (Å²) in [5.74, 6) is -0.944. The van der Waals surface area contributed by atoms with Gasteiger partial charge in [0.1, 0.15) is 11.5 Å². The van der Waals surface area contributed by atoms with Crippen molar-refractivity contribution in [2.75, 3.05) is 13.1 Å². The van der Waals surface area contributed by atoms with E-state index in [4.69, 9.17) is 10.2 Å². The summed E-state index contributed by atoms with van der Waals surface area (Å²) in [5.41, 5.74) is 0.618. The predicted octanol–water partition coefficient (Wildman–Crippen LogP) is -1.51. The Bertz CT molecular complexity index is 705. The van der Waals surface area contributed by atoms with Crippen molar-refractivity contribution in [3.63, 3.8) is 0 Å². The Morgan fingerprint density at radius 1 is 0.815 bits per heavy atom. The summed E-state index contributed by atoms with van der Waals surface area (Å²) >= 11 is 0. The van der Waals surface area contributed by atoms with Crippen LogP contribution in [0.2, 0.25) is 0 Å². The zero-order valence-corrected chi connectivity index (χ0v) is 15.0. The van der Waals surface area contributed by atoms with Gasteiger partial charge in [-0.1, -0.05) is 23.6 Å². The first-order chi connectivity index (χ1) is 11.5. The normalized spacial score (nSPS) is 11.4. The Morgan fingerprint density at radius 3 is 1.52 bits per heavy atom. The second-order valence-electron chi connectivity index (χ2n) is 5.09. The molecule has 2 aromatic carbocycles. The Kier molecular flexibility index (Phi) is 12.5. The zero-order valence-electron chi connectivity index (χ0n) is 14.0. The second-order valence-corrected chi connectivity index (χ2v) is 5.09. The van der Waals surface area contributed by atoms with Gasteiger partial charge >= 0.3 is 16.5 Å². The van der Waals surface area contributed by atoms with Crippen molar-refractivity contribution in [3.8, 4) is 23.0 Å². The standard InChI is InChI=1S/C17H18N2O5.Ni.2H2O/c20-13-3-1-11(16(23)5-13)7-18-9-15(22)10-19-8-12-2-4-14(21)6-17(12)24;;;/h1-8,15,20-24H,9-10H2;;2*1H2/q;+2;;/p-2. The fourth-order valence-electron chi connectivity index (χ4n) is 1.86. The van der Waals surface area contributed by atoms with E-state index in [1.807, 2.05) is 0 Å². The first-order valence-electron chi connectivity index (χ1n) is 7.13. The molecule has 2 rings (SSSR count). The van der Waals surface area contributed by atoms with Gasteiger partial charge in [-0.05, 0) is 35.4 Å². The van der Waals surface area contributed by atoms with Crippen molar-refractivity contribution in [3.05, 3.63) is 47.5 Å². The van der Waals surface area contributed by atoms with Crippen molar-refractivity contribution >= 4 is 12.4 Å². The summed E-state index contributed by atoms with van der Waals surface area (Å²) in [6.45, 7) is 0.0783. The van der Waals surface area contributed by atoms with Crippen LogP contribution in [0, 0.1) is 0 Å². The molecule has 0 atom stereocenters. The van der Waals surface area contributed by atoms with Crippen LogP contribution in [-0.2, 0) is 16.5 Å². The summed E-state index contributed by atoms with van der Waals surface area (Å²) in [7, 11) is 0. The van der Waals surface area contributed by atoms with Crippen LogP contribution < -0.4 is 10.2 Å². The number of hydrogen-bond acceptors (Lipinski definition) is 7. The monoisotopic (exact) mass is 422 g/mol. The van der Waals surface area contributed by atoms with Crippen molar-refractivity contribution in [1.29, 1.82) is 0 Å². The summed E-state index contributed by atoms with van der Waals surface area (Å²) in [5, 5.41) is 51.1. The van der Waals surface area contributed by atoms with Gasteiger partial charge in [0, 0.05) is 12.4 Å². The van der Waals surface area contributed by atoms with E-state index in [1.165, 1.54) is 36.7 Å². The molecule has 0 unspecified atom stereocenters. The summed E-state index contributed by atoms with van der Waals surface area (Å²) in [4.78, 5) is 7.92. The molecule has 0 heterocycles. The number of aliphatic hydroxyl groups is 1. The Labute approximate surface area is 165 Å². The smallest absolute Gasteiger partial charge is 0.872 e. The Hall–Kier alpha value is -2.65. The molecular formula is C17H20N2NiO7. The van der Waals surface area contributed by atoms with Crippen molar-refractivity contribution in [1.82, 2.24) is 0 Å². The molecule has 0 saturated heterocycles. The molecule has 2 aromatic rings. The van der Waals surface area contributed by atoms with E-state index in [1.54, 1.807) is 0 Å². The molecule has 0 aromatic heterocycles. The van der Waals surface area contributed by atoms with E-state index < -0.39 is 6.10 Å². The van der Waals surface area contributed by atoms with Gasteiger partial charge in [-0.3, -0.25) is 9.98 Å². The van der Waals surface area contributed by atoms with E-state index in [-0.39, 0.29) is 63.5 Å². The first-order valence-corrected chi connectivity index (χ1v) is 7.13. The third-order valence-electron chi connectivity index (χ3n) is 3.09. The van der Waals surface area contributed by atoms with Gasteiger partial charge in [0.25, 0.3) is 0 Å². The van der Waals surface area contributed by atoms with E-state index in [0.717, 1.165) is 12.1 Å². The van der Waals surface area contributed by atoms with E-state index >= 15 is 0 Å². The SMILES string of the molecule is O.O.[Ni+2].[O-]c1cc(O)ccc1C=NCC(O)CN=Cc1ccc(O)cc1[O-]. The topological polar surface area (TPSA) is 195 Å². The zero-order chi connectivity index (χ0) is 17.5. The first kappa shape index (κ1) is 26.6. The minimum absolute atomic E-state index is 0. The van der Waals surface area contributed by atoms with Crippen LogP contribution in [0.25, 0.3) is 0 Å². The molecule has 0 amide bonds. The number of aromatic hydroxyl groups is 2. The molecule has 10 heteroatoms. The summed E-state index contributed by atoms with van der Waals surface area (Å²) in [6, 6.07) is 7.79. The van der Waals surface area contributed by atoms with Crippen molar-refractivity contribution in [2.45, 2.75) is 6.10 Å². The number of aliphatic hydroxyl groups excluding tert-OH is 1. The van der Waals surface area contributed by atoms with Gasteiger partial charge < -0.3 is 36.5 Å². The fourth-order valence-corrected chi connectivity index (χ4v) is 1.86. The van der Waals surface area contributed by atoms with Gasteiger partial charge in [-0.2, -0.15) is 0 Å². The molecule has 7 N–H and O–H groups in total. The van der Waals surface area contributed by atoms with Crippen LogP contribution in [0.4, 0.5) is 0 Å². The summed E-state index contributed by atoms with van der Waals surface area (Å²) < 4.78 is 0. The molecule has 0 aliphatic rings. The van der Waals surface area contributed by atoms with Crippen molar-refractivity contribution < 1.29 is 53.0 Å². The van der Waals surface area contributed by atoms with E-state index in [2.05, 4.69) is 9.98 Å². The maximum Gasteiger partial charge on any atom is 2.00 e. The molecule has 0 fully saturated rings. The molecule has 150 valence electrons. The van der Waals surface area contributed by atoms with E-state index in [9.17, 15) is 15.3 Å². The number of phenols is 2. The fraction of sp³-hybridized carbons (Fsp3) is 0.176. The molecule has 0 radical (unpaired) electrons. The van der Waals surface area contributed by atoms with Crippen LogP contribution in [0.3, 0.4) is 0 Å². The number of nitrogens with zero attached hydrogens (tertiary/aromatic N) is 2. The average Bonchev–Trinajstić information content (AvgIpc) is 2.51. The number of hydrogen-bond donors (Lipinski definition) is 3.